The van der Waals surface area contributed by atoms with E-state index in [-0.39, 0.29) is 0 Å². The first-order valence-electron chi connectivity index (χ1n) is 6.21. The van der Waals surface area contributed by atoms with E-state index < -0.39 is 0 Å². The number of hydrogen-bond acceptors (Lipinski definition) is 3. The molecule has 1 N–H and O–H groups in total. The van der Waals surface area contributed by atoms with Gasteiger partial charge in [-0.05, 0) is 56.1 Å². The standard InChI is InChI=1S/C15H8Br2N2O2/c16-12-6-4-10(20-12)14-8-2-1-3-9(8)15(19-18-14)11-5-7-13(17)21-11/h1-7,18H. The number of nitrogens with zero attached hydrogens (tertiary/aromatic N) is 1. The van der Waals surface area contributed by atoms with E-state index in [0.29, 0.717) is 15.1 Å². The van der Waals surface area contributed by atoms with Crippen molar-refractivity contribution in [2.75, 3.05) is 0 Å². The fourth-order valence-electron chi connectivity index (χ4n) is 2.34. The molecular formula is C15H8Br2N2O2. The van der Waals surface area contributed by atoms with E-state index in [1.54, 1.807) is 0 Å². The second-order valence-corrected chi connectivity index (χ2v) is 6.07. The van der Waals surface area contributed by atoms with E-state index in [9.17, 15) is 0 Å². The van der Waals surface area contributed by atoms with Gasteiger partial charge in [-0.3, -0.25) is 5.10 Å². The van der Waals surface area contributed by atoms with Crippen LogP contribution in [0.5, 0.6) is 0 Å². The van der Waals surface area contributed by atoms with Crippen molar-refractivity contribution in [3.8, 4) is 34.0 Å². The van der Waals surface area contributed by atoms with Crippen LogP contribution in [0.15, 0.2) is 60.6 Å². The zero-order valence-corrected chi connectivity index (χ0v) is 13.7. The van der Waals surface area contributed by atoms with E-state index in [0.717, 1.165) is 28.3 Å². The van der Waals surface area contributed by atoms with Crippen molar-refractivity contribution in [1.82, 2.24) is 10.2 Å². The zero-order valence-electron chi connectivity index (χ0n) is 10.6. The number of fused-ring (bicyclic) bond motifs is 1. The van der Waals surface area contributed by atoms with Crippen LogP contribution in [0.4, 0.5) is 0 Å². The molecule has 0 atom stereocenters. The monoisotopic (exact) mass is 406 g/mol. The molecule has 0 radical (unpaired) electrons. The molecule has 0 fully saturated rings. The van der Waals surface area contributed by atoms with Crippen LogP contribution in [-0.4, -0.2) is 10.2 Å². The number of H-pyrrole nitrogens is 1. The summed E-state index contributed by atoms with van der Waals surface area (Å²) in [6.45, 7) is 0. The molecular weight excluding hydrogens is 400 g/mol. The highest BCUT2D eigenvalue weighted by Gasteiger charge is 2.20. The predicted molar refractivity (Wildman–Crippen MR) is 86.0 cm³/mol. The van der Waals surface area contributed by atoms with Crippen molar-refractivity contribution < 1.29 is 8.83 Å². The molecule has 2 aromatic heterocycles. The predicted octanol–water partition coefficient (Wildman–Crippen LogP) is 5.56. The van der Waals surface area contributed by atoms with Gasteiger partial charge >= 0.3 is 0 Å². The number of halogens is 2. The molecule has 4 rings (SSSR count). The minimum atomic E-state index is 0.679. The van der Waals surface area contributed by atoms with Crippen LogP contribution >= 0.6 is 31.9 Å². The van der Waals surface area contributed by atoms with Gasteiger partial charge in [-0.1, -0.05) is 18.2 Å². The Morgan fingerprint density at radius 2 is 1.48 bits per heavy atom. The average molecular weight is 408 g/mol. The molecule has 0 unspecified atom stereocenters. The highest BCUT2D eigenvalue weighted by atomic mass is 79.9. The van der Waals surface area contributed by atoms with Gasteiger partial charge in [-0.25, -0.2) is 0 Å². The van der Waals surface area contributed by atoms with Crippen LogP contribution in [0.3, 0.4) is 0 Å². The Morgan fingerprint density at radius 1 is 0.810 bits per heavy atom. The van der Waals surface area contributed by atoms with Crippen LogP contribution in [0.25, 0.3) is 34.0 Å². The fraction of sp³-hybridized carbons (Fsp3) is 0. The van der Waals surface area contributed by atoms with Gasteiger partial charge in [-0.2, -0.15) is 5.10 Å². The van der Waals surface area contributed by atoms with Gasteiger partial charge in [0.2, 0.25) is 0 Å². The largest absolute Gasteiger partial charge is 0.448 e. The quantitative estimate of drug-likeness (QED) is 0.473. The summed E-state index contributed by atoms with van der Waals surface area (Å²) < 4.78 is 12.6. The lowest BCUT2D eigenvalue weighted by Crippen LogP contribution is -1.95. The molecule has 0 saturated heterocycles. The Morgan fingerprint density at radius 3 is 2.14 bits per heavy atom. The number of nitrogens with one attached hydrogen (secondary N) is 1. The third-order valence-corrected chi connectivity index (χ3v) is 4.10. The maximum atomic E-state index is 5.61. The van der Waals surface area contributed by atoms with Gasteiger partial charge in [-0.15, -0.1) is 0 Å². The lowest BCUT2D eigenvalue weighted by atomic mass is 10.0. The summed E-state index contributed by atoms with van der Waals surface area (Å²) in [4.78, 5) is 0. The first kappa shape index (κ1) is 12.9. The molecule has 0 saturated carbocycles. The zero-order chi connectivity index (χ0) is 14.4. The molecule has 0 amide bonds. The van der Waals surface area contributed by atoms with Crippen molar-refractivity contribution in [3.05, 3.63) is 51.8 Å². The van der Waals surface area contributed by atoms with Gasteiger partial charge in [0, 0.05) is 11.1 Å². The number of furan rings is 2. The highest BCUT2D eigenvalue weighted by Crippen LogP contribution is 2.39. The molecule has 0 spiro atoms. The normalized spacial score (nSPS) is 11.3. The third kappa shape index (κ3) is 2.15. The average Bonchev–Trinajstić information content (AvgIpc) is 3.18. The molecule has 1 aliphatic heterocycles. The van der Waals surface area contributed by atoms with Crippen molar-refractivity contribution in [2.24, 2.45) is 0 Å². The van der Waals surface area contributed by atoms with Gasteiger partial charge in [0.15, 0.2) is 20.9 Å². The maximum absolute atomic E-state index is 5.61. The van der Waals surface area contributed by atoms with Crippen molar-refractivity contribution >= 4 is 31.9 Å². The summed E-state index contributed by atoms with van der Waals surface area (Å²) in [5, 5.41) is 7.50. The number of hydrogen-bond donors (Lipinski definition) is 1. The number of aromatic amines is 1. The van der Waals surface area contributed by atoms with Crippen LogP contribution in [-0.2, 0) is 0 Å². The van der Waals surface area contributed by atoms with Gasteiger partial charge < -0.3 is 8.83 Å². The third-order valence-electron chi connectivity index (χ3n) is 3.25. The Bertz CT molecular complexity index is 820. The van der Waals surface area contributed by atoms with Crippen LogP contribution in [0.1, 0.15) is 0 Å². The summed E-state index contributed by atoms with van der Waals surface area (Å²) in [7, 11) is 0. The van der Waals surface area contributed by atoms with Gasteiger partial charge in [0.1, 0.15) is 11.4 Å². The summed E-state index contributed by atoms with van der Waals surface area (Å²) in [6, 6.07) is 13.5. The molecule has 4 nitrogen and oxygen atoms in total. The lowest BCUT2D eigenvalue weighted by Gasteiger charge is -2.09. The number of rotatable bonds is 2. The van der Waals surface area contributed by atoms with E-state index in [1.807, 2.05) is 42.5 Å². The molecule has 0 aromatic carbocycles. The Labute approximate surface area is 136 Å². The molecule has 1 aliphatic carbocycles. The molecule has 21 heavy (non-hydrogen) atoms. The second kappa shape index (κ2) is 4.89. The maximum Gasteiger partial charge on any atom is 0.169 e. The molecule has 6 heteroatoms. The molecule has 0 bridgehead atoms. The van der Waals surface area contributed by atoms with Crippen LogP contribution in [0.2, 0.25) is 0 Å². The minimum absolute atomic E-state index is 0.679. The van der Waals surface area contributed by atoms with E-state index in [1.165, 1.54) is 0 Å². The van der Waals surface area contributed by atoms with Crippen molar-refractivity contribution in [3.63, 3.8) is 0 Å². The summed E-state index contributed by atoms with van der Waals surface area (Å²) >= 11 is 6.63. The molecule has 104 valence electrons. The lowest BCUT2D eigenvalue weighted by molar-refractivity contribution is 0.549. The Hall–Kier alpha value is -1.79. The smallest absolute Gasteiger partial charge is 0.169 e. The van der Waals surface area contributed by atoms with Crippen LogP contribution < -0.4 is 0 Å². The van der Waals surface area contributed by atoms with Crippen LogP contribution in [0, 0.1) is 0 Å². The van der Waals surface area contributed by atoms with Crippen molar-refractivity contribution in [2.45, 2.75) is 0 Å². The first-order valence-corrected chi connectivity index (χ1v) is 7.79. The molecule has 2 aromatic rings. The Balaban J connectivity index is 1.92. The summed E-state index contributed by atoms with van der Waals surface area (Å²) in [5.74, 6) is 1.44. The van der Waals surface area contributed by atoms with Gasteiger partial charge in [0.25, 0.3) is 0 Å². The van der Waals surface area contributed by atoms with Gasteiger partial charge in [0.05, 0.1) is 0 Å². The SMILES string of the molecule is Brc1ccc(-c2n[nH]c(-c3ccc(Br)o3)c3cccc2-3)o1. The Kier molecular flexibility index (Phi) is 3.01. The second-order valence-electron chi connectivity index (χ2n) is 4.51. The fourth-order valence-corrected chi connectivity index (χ4v) is 2.96. The highest BCUT2D eigenvalue weighted by molar-refractivity contribution is 9.10. The summed E-state index contributed by atoms with van der Waals surface area (Å²) in [5.41, 5.74) is 3.66. The first-order chi connectivity index (χ1) is 10.2. The minimum Gasteiger partial charge on any atom is -0.448 e. The molecule has 3 heterocycles. The van der Waals surface area contributed by atoms with E-state index >= 15 is 0 Å². The summed E-state index contributed by atoms with van der Waals surface area (Å²) in [6.07, 6.45) is 0. The molecule has 2 aliphatic rings. The topological polar surface area (TPSA) is 55.0 Å². The van der Waals surface area contributed by atoms with Crippen molar-refractivity contribution in [1.29, 1.82) is 0 Å². The van der Waals surface area contributed by atoms with E-state index in [4.69, 9.17) is 8.83 Å². The number of aromatic nitrogens is 2. The van der Waals surface area contributed by atoms with E-state index in [2.05, 4.69) is 42.1 Å².